The van der Waals surface area contributed by atoms with Crippen LogP contribution in [0, 0.1) is 0 Å². The number of carbonyl (C=O) groups is 1. The molecule has 0 aromatic heterocycles. The van der Waals surface area contributed by atoms with Gasteiger partial charge in [-0.2, -0.15) is 0 Å². The van der Waals surface area contributed by atoms with Crippen LogP contribution in [-0.2, 0) is 4.79 Å². The Morgan fingerprint density at radius 2 is 1.42 bits per heavy atom. The van der Waals surface area contributed by atoms with Gasteiger partial charge in [0.15, 0.2) is 0 Å². The third-order valence-electron chi connectivity index (χ3n) is 4.84. The first-order valence-corrected chi connectivity index (χ1v) is 8.73. The van der Waals surface area contributed by atoms with E-state index in [-0.39, 0.29) is 17.4 Å². The van der Waals surface area contributed by atoms with Gasteiger partial charge in [0, 0.05) is 24.4 Å². The number of amides is 1. The molecule has 0 aliphatic heterocycles. The van der Waals surface area contributed by atoms with E-state index in [1.807, 2.05) is 36.4 Å². The summed E-state index contributed by atoms with van der Waals surface area (Å²) in [5, 5.41) is 3.03. The lowest BCUT2D eigenvalue weighted by Crippen LogP contribution is -2.49. The lowest BCUT2D eigenvalue weighted by Gasteiger charge is -2.27. The molecule has 0 aliphatic rings. The minimum atomic E-state index is -0.315. The minimum absolute atomic E-state index is 0.0458. The van der Waals surface area contributed by atoms with E-state index in [1.54, 1.807) is 0 Å². The van der Waals surface area contributed by atoms with Gasteiger partial charge < -0.3 is 11.1 Å². The summed E-state index contributed by atoms with van der Waals surface area (Å²) in [7, 11) is 0. The molecule has 3 N–H and O–H groups in total. The van der Waals surface area contributed by atoms with Crippen LogP contribution in [0.3, 0.4) is 0 Å². The van der Waals surface area contributed by atoms with Gasteiger partial charge in [-0.3, -0.25) is 4.79 Å². The molecule has 0 aliphatic carbocycles. The van der Waals surface area contributed by atoms with Crippen molar-refractivity contribution >= 4 is 5.91 Å². The van der Waals surface area contributed by atoms with Crippen molar-refractivity contribution in [2.24, 2.45) is 5.73 Å². The van der Waals surface area contributed by atoms with E-state index in [9.17, 15) is 4.79 Å². The highest BCUT2D eigenvalue weighted by Gasteiger charge is 2.23. The van der Waals surface area contributed by atoms with Crippen LogP contribution in [0.1, 0.15) is 50.2 Å². The predicted octanol–water partition coefficient (Wildman–Crippen LogP) is 3.84. The topological polar surface area (TPSA) is 55.1 Å². The largest absolute Gasteiger partial charge is 0.354 e. The van der Waals surface area contributed by atoms with Gasteiger partial charge in [0.05, 0.1) is 0 Å². The first-order valence-electron chi connectivity index (χ1n) is 8.73. The summed E-state index contributed by atoms with van der Waals surface area (Å²) >= 11 is 0. The van der Waals surface area contributed by atoms with Gasteiger partial charge in [-0.15, -0.1) is 0 Å². The summed E-state index contributed by atoms with van der Waals surface area (Å²) in [6, 6.07) is 20.4. The highest BCUT2D eigenvalue weighted by Crippen LogP contribution is 2.27. The van der Waals surface area contributed by atoms with Crippen molar-refractivity contribution in [2.75, 3.05) is 6.54 Å². The van der Waals surface area contributed by atoms with Crippen molar-refractivity contribution in [3.8, 4) is 0 Å². The van der Waals surface area contributed by atoms with Gasteiger partial charge in [0.2, 0.25) is 5.91 Å². The van der Waals surface area contributed by atoms with E-state index >= 15 is 0 Å². The van der Waals surface area contributed by atoms with Crippen molar-refractivity contribution in [2.45, 2.75) is 44.6 Å². The maximum Gasteiger partial charge on any atom is 0.221 e. The molecule has 0 bridgehead atoms. The fourth-order valence-electron chi connectivity index (χ4n) is 2.83. The number of hydrogen-bond donors (Lipinski definition) is 2. The van der Waals surface area contributed by atoms with Gasteiger partial charge in [0.1, 0.15) is 0 Å². The number of nitrogens with one attached hydrogen (secondary N) is 1. The lowest BCUT2D eigenvalue weighted by molar-refractivity contribution is -0.121. The zero-order valence-electron chi connectivity index (χ0n) is 14.7. The van der Waals surface area contributed by atoms with Crippen molar-refractivity contribution < 1.29 is 4.79 Å². The summed E-state index contributed by atoms with van der Waals surface area (Å²) in [5.74, 6) is 0.104. The van der Waals surface area contributed by atoms with Crippen LogP contribution in [0.2, 0.25) is 0 Å². The van der Waals surface area contributed by atoms with Gasteiger partial charge in [0.25, 0.3) is 0 Å². The summed E-state index contributed by atoms with van der Waals surface area (Å²) in [6.45, 7) is 4.65. The molecule has 0 heterocycles. The smallest absolute Gasteiger partial charge is 0.221 e. The number of benzene rings is 2. The van der Waals surface area contributed by atoms with Crippen LogP contribution in [0.5, 0.6) is 0 Å². The quantitative estimate of drug-likeness (QED) is 0.775. The molecule has 0 unspecified atom stereocenters. The SMILES string of the molecule is CCC(N)(CC)CNC(=O)CC(c1ccccc1)c1ccccc1. The Bertz CT molecular complexity index is 581. The number of nitrogens with two attached hydrogens (primary N) is 1. The Labute approximate surface area is 145 Å². The Balaban J connectivity index is 2.10. The molecule has 0 saturated heterocycles. The second-order valence-corrected chi connectivity index (χ2v) is 6.42. The highest BCUT2D eigenvalue weighted by molar-refractivity contribution is 5.77. The average Bonchev–Trinajstić information content (AvgIpc) is 2.65. The van der Waals surface area contributed by atoms with Gasteiger partial charge >= 0.3 is 0 Å². The van der Waals surface area contributed by atoms with E-state index in [1.165, 1.54) is 0 Å². The number of hydrogen-bond acceptors (Lipinski definition) is 2. The summed E-state index contributed by atoms with van der Waals surface area (Å²) < 4.78 is 0. The molecule has 0 saturated carbocycles. The van der Waals surface area contributed by atoms with Crippen molar-refractivity contribution in [3.05, 3.63) is 71.8 Å². The second kappa shape index (κ2) is 8.65. The summed E-state index contributed by atoms with van der Waals surface area (Å²) in [6.07, 6.45) is 2.13. The summed E-state index contributed by atoms with van der Waals surface area (Å²) in [4.78, 5) is 12.5. The van der Waals surface area contributed by atoms with Crippen LogP contribution in [0.4, 0.5) is 0 Å². The molecule has 0 radical (unpaired) electrons. The van der Waals surface area contributed by atoms with Crippen LogP contribution in [0.15, 0.2) is 60.7 Å². The fraction of sp³-hybridized carbons (Fsp3) is 0.381. The van der Waals surface area contributed by atoms with Crippen LogP contribution in [-0.4, -0.2) is 18.0 Å². The van der Waals surface area contributed by atoms with E-state index in [0.717, 1.165) is 24.0 Å². The molecule has 0 spiro atoms. The fourth-order valence-corrected chi connectivity index (χ4v) is 2.83. The summed E-state index contributed by atoms with van der Waals surface area (Å²) in [5.41, 5.74) is 8.28. The Morgan fingerprint density at radius 3 is 1.83 bits per heavy atom. The zero-order chi connectivity index (χ0) is 17.4. The molecule has 3 heteroatoms. The first kappa shape index (κ1) is 18.2. The van der Waals surface area contributed by atoms with Gasteiger partial charge in [-0.25, -0.2) is 0 Å². The molecular weight excluding hydrogens is 296 g/mol. The third-order valence-corrected chi connectivity index (χ3v) is 4.84. The molecule has 128 valence electrons. The molecule has 3 nitrogen and oxygen atoms in total. The van der Waals surface area contributed by atoms with Crippen LogP contribution in [0.25, 0.3) is 0 Å². The average molecular weight is 324 g/mol. The van der Waals surface area contributed by atoms with Gasteiger partial charge in [-0.05, 0) is 24.0 Å². The van der Waals surface area contributed by atoms with E-state index in [0.29, 0.717) is 13.0 Å². The van der Waals surface area contributed by atoms with Gasteiger partial charge in [-0.1, -0.05) is 74.5 Å². The van der Waals surface area contributed by atoms with E-state index in [2.05, 4.69) is 43.4 Å². The highest BCUT2D eigenvalue weighted by atomic mass is 16.1. The molecule has 2 aromatic rings. The third kappa shape index (κ3) is 4.93. The van der Waals surface area contributed by atoms with E-state index < -0.39 is 0 Å². The maximum atomic E-state index is 12.5. The lowest BCUT2D eigenvalue weighted by atomic mass is 9.88. The first-order chi connectivity index (χ1) is 11.6. The predicted molar refractivity (Wildman–Crippen MR) is 99.9 cm³/mol. The molecular formula is C21H28N2O. The van der Waals surface area contributed by atoms with Crippen molar-refractivity contribution in [1.29, 1.82) is 0 Å². The monoisotopic (exact) mass is 324 g/mol. The van der Waals surface area contributed by atoms with E-state index in [4.69, 9.17) is 5.73 Å². The zero-order valence-corrected chi connectivity index (χ0v) is 14.7. The van der Waals surface area contributed by atoms with Crippen LogP contribution >= 0.6 is 0 Å². The Hall–Kier alpha value is -2.13. The molecule has 0 fully saturated rings. The standard InChI is InChI=1S/C21H28N2O/c1-3-21(22,4-2)16-23-20(24)15-19(17-11-7-5-8-12-17)18-13-9-6-10-14-18/h5-14,19H,3-4,15-16,22H2,1-2H3,(H,23,24). The normalized spacial score (nSPS) is 11.5. The molecule has 0 atom stereocenters. The van der Waals surface area contributed by atoms with Crippen molar-refractivity contribution in [3.63, 3.8) is 0 Å². The number of carbonyl (C=O) groups excluding carboxylic acids is 1. The Kier molecular flexibility index (Phi) is 6.56. The second-order valence-electron chi connectivity index (χ2n) is 6.42. The Morgan fingerprint density at radius 1 is 0.958 bits per heavy atom. The number of rotatable bonds is 8. The molecule has 1 amide bonds. The molecule has 2 rings (SSSR count). The molecule has 24 heavy (non-hydrogen) atoms. The minimum Gasteiger partial charge on any atom is -0.354 e. The maximum absolute atomic E-state index is 12.5. The van der Waals surface area contributed by atoms with Crippen LogP contribution < -0.4 is 11.1 Å². The molecule has 2 aromatic carbocycles. The van der Waals surface area contributed by atoms with Crippen molar-refractivity contribution in [1.82, 2.24) is 5.32 Å².